The topological polar surface area (TPSA) is 108 Å². The van der Waals surface area contributed by atoms with E-state index in [1.54, 1.807) is 26.0 Å². The van der Waals surface area contributed by atoms with E-state index in [0.29, 0.717) is 16.5 Å². The number of sulfonamides is 1. The van der Waals surface area contributed by atoms with Crippen LogP contribution in [-0.4, -0.2) is 35.7 Å². The van der Waals surface area contributed by atoms with Crippen LogP contribution in [0.15, 0.2) is 41.3 Å². The number of rotatable bonds is 6. The van der Waals surface area contributed by atoms with Gasteiger partial charge in [0.25, 0.3) is 5.56 Å². The minimum Gasteiger partial charge on any atom is -0.350 e. The summed E-state index contributed by atoms with van der Waals surface area (Å²) in [6.45, 7) is 3.61. The van der Waals surface area contributed by atoms with Gasteiger partial charge in [0, 0.05) is 30.4 Å². The van der Waals surface area contributed by atoms with Crippen molar-refractivity contribution in [1.82, 2.24) is 15.0 Å². The Morgan fingerprint density at radius 3 is 2.68 bits per heavy atom. The molecule has 8 nitrogen and oxygen atoms in total. The highest BCUT2D eigenvalue weighted by Gasteiger charge is 2.22. The maximum atomic E-state index is 13.3. The van der Waals surface area contributed by atoms with Crippen molar-refractivity contribution in [3.63, 3.8) is 0 Å². The average Bonchev–Trinajstić information content (AvgIpc) is 2.58. The fraction of sp³-hybridized carbons (Fsp3) is 0.278. The molecule has 0 aliphatic carbocycles. The largest absolute Gasteiger partial charge is 0.350 e. The fourth-order valence-corrected chi connectivity index (χ4v) is 4.11. The number of fused-ring (bicyclic) bond motifs is 1. The van der Waals surface area contributed by atoms with Crippen LogP contribution in [0.4, 0.5) is 16.2 Å². The monoisotopic (exact) mass is 405 g/mol. The summed E-state index contributed by atoms with van der Waals surface area (Å²) in [6.07, 6.45) is 2.55. The Morgan fingerprint density at radius 1 is 1.25 bits per heavy atom. The zero-order valence-corrected chi connectivity index (χ0v) is 16.4. The molecule has 0 saturated heterocycles. The van der Waals surface area contributed by atoms with E-state index in [2.05, 4.69) is 20.3 Å². The minimum absolute atomic E-state index is 0.118. The van der Waals surface area contributed by atoms with Crippen LogP contribution in [0.25, 0.3) is 10.9 Å². The van der Waals surface area contributed by atoms with Crippen molar-refractivity contribution in [3.05, 3.63) is 58.3 Å². The van der Waals surface area contributed by atoms with Crippen molar-refractivity contribution in [1.29, 1.82) is 0 Å². The molecule has 3 rings (SSSR count). The molecule has 10 heteroatoms. The molecular formula is C18H20FN5O3S. The van der Waals surface area contributed by atoms with E-state index in [1.807, 2.05) is 0 Å². The number of H-pyrrole nitrogens is 1. The summed E-state index contributed by atoms with van der Waals surface area (Å²) in [6, 6.07) is 6.99. The highest BCUT2D eigenvalue weighted by Crippen LogP contribution is 2.19. The molecule has 2 heterocycles. The smallest absolute Gasteiger partial charge is 0.253 e. The lowest BCUT2D eigenvalue weighted by atomic mass is 10.1. The predicted octanol–water partition coefficient (Wildman–Crippen LogP) is 2.24. The van der Waals surface area contributed by atoms with Gasteiger partial charge in [-0.25, -0.2) is 17.8 Å². The van der Waals surface area contributed by atoms with E-state index in [9.17, 15) is 17.6 Å². The third kappa shape index (κ3) is 4.28. The molecule has 28 heavy (non-hydrogen) atoms. The molecule has 3 aromatic rings. The molecule has 2 aromatic heterocycles. The normalized spacial score (nSPS) is 11.8. The zero-order valence-electron chi connectivity index (χ0n) is 15.6. The standard InChI is InChI=1S/C18H20FN5O3S/c1-11(2)24(28(3,26)27)16-6-7-20-18(23-16)21-10-13-8-12-4-5-14(19)9-15(12)22-17(13)25/h4-9,11H,10H2,1-3H3,(H,22,25)(H,20,21,23). The van der Waals surface area contributed by atoms with Gasteiger partial charge in [-0.3, -0.25) is 9.10 Å². The molecule has 148 valence electrons. The molecule has 0 aliphatic rings. The summed E-state index contributed by atoms with van der Waals surface area (Å²) in [7, 11) is -3.51. The Labute approximate surface area is 161 Å². The van der Waals surface area contributed by atoms with Crippen LogP contribution in [0.5, 0.6) is 0 Å². The Hall–Kier alpha value is -3.01. The second kappa shape index (κ2) is 7.55. The summed E-state index contributed by atoms with van der Waals surface area (Å²) in [5, 5.41) is 3.62. The van der Waals surface area contributed by atoms with Crippen LogP contribution in [0.3, 0.4) is 0 Å². The van der Waals surface area contributed by atoms with Crippen molar-refractivity contribution in [2.24, 2.45) is 0 Å². The van der Waals surface area contributed by atoms with E-state index in [1.165, 1.54) is 28.7 Å². The molecule has 2 N–H and O–H groups in total. The molecule has 0 fully saturated rings. The molecule has 0 atom stereocenters. The Kier molecular flexibility index (Phi) is 5.32. The van der Waals surface area contributed by atoms with E-state index < -0.39 is 15.8 Å². The number of anilines is 2. The van der Waals surface area contributed by atoms with Gasteiger partial charge >= 0.3 is 0 Å². The Bertz CT molecular complexity index is 1180. The van der Waals surface area contributed by atoms with E-state index in [-0.39, 0.29) is 29.9 Å². The van der Waals surface area contributed by atoms with E-state index in [4.69, 9.17) is 0 Å². The summed E-state index contributed by atoms with van der Waals surface area (Å²) >= 11 is 0. The first-order valence-electron chi connectivity index (χ1n) is 8.53. The Balaban J connectivity index is 1.86. The maximum Gasteiger partial charge on any atom is 0.253 e. The summed E-state index contributed by atoms with van der Waals surface area (Å²) in [5.74, 6) is -0.0110. The maximum absolute atomic E-state index is 13.3. The third-order valence-corrected chi connectivity index (χ3v) is 5.34. The van der Waals surface area contributed by atoms with Gasteiger partial charge < -0.3 is 10.3 Å². The zero-order chi connectivity index (χ0) is 20.5. The fourth-order valence-electron chi connectivity index (χ4n) is 2.90. The number of halogens is 1. The summed E-state index contributed by atoms with van der Waals surface area (Å²) < 4.78 is 38.5. The Morgan fingerprint density at radius 2 is 2.00 bits per heavy atom. The van der Waals surface area contributed by atoms with Crippen LogP contribution in [0, 0.1) is 5.82 Å². The van der Waals surface area contributed by atoms with Gasteiger partial charge in [0.15, 0.2) is 0 Å². The van der Waals surface area contributed by atoms with E-state index in [0.717, 1.165) is 6.26 Å². The first-order valence-corrected chi connectivity index (χ1v) is 10.4. The molecule has 1 aromatic carbocycles. The van der Waals surface area contributed by atoms with Gasteiger partial charge in [0.05, 0.1) is 11.8 Å². The van der Waals surface area contributed by atoms with Gasteiger partial charge in [-0.1, -0.05) is 0 Å². The second-order valence-electron chi connectivity index (χ2n) is 6.60. The SMILES string of the molecule is CC(C)N(c1ccnc(NCc2cc3ccc(F)cc3[nH]c2=O)n1)S(C)(=O)=O. The van der Waals surface area contributed by atoms with Crippen molar-refractivity contribution in [3.8, 4) is 0 Å². The molecule has 0 spiro atoms. The molecule has 0 aliphatic heterocycles. The highest BCUT2D eigenvalue weighted by molar-refractivity contribution is 7.92. The molecule has 0 bridgehead atoms. The first kappa shape index (κ1) is 19.7. The van der Waals surface area contributed by atoms with Crippen LogP contribution >= 0.6 is 0 Å². The molecule has 0 saturated carbocycles. The summed E-state index contributed by atoms with van der Waals surface area (Å²) in [4.78, 5) is 23.2. The number of aromatic amines is 1. The number of hydrogen-bond acceptors (Lipinski definition) is 6. The minimum atomic E-state index is -3.51. The van der Waals surface area contributed by atoms with Gasteiger partial charge in [-0.05, 0) is 43.5 Å². The van der Waals surface area contributed by atoms with Gasteiger partial charge in [0.2, 0.25) is 16.0 Å². The van der Waals surface area contributed by atoms with Crippen molar-refractivity contribution in [2.45, 2.75) is 26.4 Å². The van der Waals surface area contributed by atoms with Crippen LogP contribution in [0.1, 0.15) is 19.4 Å². The number of nitrogens with zero attached hydrogens (tertiary/aromatic N) is 3. The number of aromatic nitrogens is 3. The van der Waals surface area contributed by atoms with E-state index >= 15 is 0 Å². The van der Waals surface area contributed by atoms with Gasteiger partial charge in [-0.15, -0.1) is 0 Å². The predicted molar refractivity (Wildman–Crippen MR) is 106 cm³/mol. The van der Waals surface area contributed by atoms with Crippen molar-refractivity contribution in [2.75, 3.05) is 15.9 Å². The molecular weight excluding hydrogens is 385 g/mol. The van der Waals surface area contributed by atoms with Crippen LogP contribution < -0.4 is 15.2 Å². The lowest BCUT2D eigenvalue weighted by Crippen LogP contribution is -2.36. The number of pyridine rings is 1. The number of benzene rings is 1. The molecule has 0 amide bonds. The van der Waals surface area contributed by atoms with Crippen LogP contribution in [0.2, 0.25) is 0 Å². The quantitative estimate of drug-likeness (QED) is 0.651. The first-order chi connectivity index (χ1) is 13.1. The lowest BCUT2D eigenvalue weighted by Gasteiger charge is -2.25. The highest BCUT2D eigenvalue weighted by atomic mass is 32.2. The number of nitrogens with one attached hydrogen (secondary N) is 2. The average molecular weight is 405 g/mol. The van der Waals surface area contributed by atoms with Crippen molar-refractivity contribution < 1.29 is 12.8 Å². The van der Waals surface area contributed by atoms with Crippen LogP contribution in [-0.2, 0) is 16.6 Å². The summed E-state index contributed by atoms with van der Waals surface area (Å²) in [5.41, 5.74) is 0.464. The molecule has 0 unspecified atom stereocenters. The van der Waals surface area contributed by atoms with Gasteiger partial charge in [0.1, 0.15) is 11.6 Å². The lowest BCUT2D eigenvalue weighted by molar-refractivity contribution is 0.589. The second-order valence-corrected chi connectivity index (χ2v) is 8.46. The third-order valence-electron chi connectivity index (χ3n) is 4.01. The van der Waals surface area contributed by atoms with Crippen molar-refractivity contribution >= 4 is 32.7 Å². The number of hydrogen-bond donors (Lipinski definition) is 2. The molecule has 0 radical (unpaired) electrons. The van der Waals surface area contributed by atoms with Gasteiger partial charge in [-0.2, -0.15) is 4.98 Å².